The van der Waals surface area contributed by atoms with Crippen molar-refractivity contribution in [2.75, 3.05) is 16.8 Å². The fraction of sp³-hybridized carbons (Fsp3) is 0.364. The zero-order valence-corrected chi connectivity index (χ0v) is 17.0. The first kappa shape index (κ1) is 19.4. The van der Waals surface area contributed by atoms with E-state index in [9.17, 15) is 4.79 Å². The fourth-order valence-electron chi connectivity index (χ4n) is 3.58. The zero-order chi connectivity index (χ0) is 19.4. The first-order valence-electron chi connectivity index (χ1n) is 9.53. The van der Waals surface area contributed by atoms with Crippen LogP contribution in [0.15, 0.2) is 42.5 Å². The van der Waals surface area contributed by atoms with E-state index in [0.29, 0.717) is 11.5 Å². The summed E-state index contributed by atoms with van der Waals surface area (Å²) in [4.78, 5) is 14.0. The molecule has 1 aliphatic rings. The molecule has 0 unspecified atom stereocenters. The molecule has 0 aromatic heterocycles. The Morgan fingerprint density at radius 1 is 1.19 bits per heavy atom. The second kappa shape index (κ2) is 8.53. The van der Waals surface area contributed by atoms with Crippen LogP contribution in [0.5, 0.6) is 0 Å². The van der Waals surface area contributed by atoms with E-state index in [2.05, 4.69) is 48.7 Å². The molecule has 0 saturated carbocycles. The van der Waals surface area contributed by atoms with Gasteiger partial charge in [-0.1, -0.05) is 37.3 Å². The van der Waals surface area contributed by atoms with Crippen molar-refractivity contribution in [3.05, 3.63) is 59.2 Å². The van der Waals surface area contributed by atoms with Gasteiger partial charge in [-0.2, -0.15) is 0 Å². The average molecular weight is 382 g/mol. The number of hydrogen-bond donors (Lipinski definition) is 2. The van der Waals surface area contributed by atoms with Gasteiger partial charge in [0.25, 0.3) is 0 Å². The molecule has 1 aliphatic heterocycles. The van der Waals surface area contributed by atoms with E-state index in [4.69, 9.17) is 12.2 Å². The van der Waals surface area contributed by atoms with E-state index in [-0.39, 0.29) is 11.9 Å². The third-order valence-corrected chi connectivity index (χ3v) is 5.33. The Bertz CT molecular complexity index is 849. The van der Waals surface area contributed by atoms with E-state index < -0.39 is 0 Å². The van der Waals surface area contributed by atoms with Gasteiger partial charge in [-0.05, 0) is 67.7 Å². The average Bonchev–Trinajstić information content (AvgIpc) is 3.08. The van der Waals surface area contributed by atoms with Crippen LogP contribution < -0.4 is 15.5 Å². The Morgan fingerprint density at radius 2 is 1.96 bits per heavy atom. The highest BCUT2D eigenvalue weighted by atomic mass is 32.1. The van der Waals surface area contributed by atoms with Crippen molar-refractivity contribution >= 4 is 34.6 Å². The summed E-state index contributed by atoms with van der Waals surface area (Å²) in [5.41, 5.74) is 5.48. The number of nitrogens with one attached hydrogen (secondary N) is 2. The minimum Gasteiger partial charge on any atom is -0.356 e. The molecule has 1 atom stereocenters. The molecule has 27 heavy (non-hydrogen) atoms. The number of aryl methyl sites for hydroxylation is 2. The number of rotatable bonds is 5. The van der Waals surface area contributed by atoms with Crippen LogP contribution in [-0.4, -0.2) is 17.6 Å². The highest BCUT2D eigenvalue weighted by Gasteiger charge is 2.23. The lowest BCUT2D eigenvalue weighted by molar-refractivity contribution is -0.117. The molecular weight excluding hydrogens is 354 g/mol. The highest BCUT2D eigenvalue weighted by Crippen LogP contribution is 2.28. The molecule has 0 radical (unpaired) electrons. The lowest BCUT2D eigenvalue weighted by Gasteiger charge is -2.23. The third-order valence-electron chi connectivity index (χ3n) is 5.11. The molecular formula is C22H27N3OS. The highest BCUT2D eigenvalue weighted by molar-refractivity contribution is 7.80. The standard InChI is InChI=1S/C22H27N3OS/c1-4-19(18-9-6-5-8-15(18)2)24-22(27)23-17-12-11-16(3)20(14-17)25-13-7-10-21(25)26/h5-6,8-9,11-12,14,19H,4,7,10,13H2,1-3H3,(H2,23,24,27)/t19-/m1/s1. The maximum atomic E-state index is 12.1. The fourth-order valence-corrected chi connectivity index (χ4v) is 3.84. The minimum absolute atomic E-state index is 0.163. The summed E-state index contributed by atoms with van der Waals surface area (Å²) in [5, 5.41) is 7.30. The zero-order valence-electron chi connectivity index (χ0n) is 16.2. The minimum atomic E-state index is 0.163. The summed E-state index contributed by atoms with van der Waals surface area (Å²) in [7, 11) is 0. The maximum Gasteiger partial charge on any atom is 0.227 e. The molecule has 1 heterocycles. The molecule has 3 rings (SSSR count). The maximum absolute atomic E-state index is 12.1. The van der Waals surface area contributed by atoms with Crippen molar-refractivity contribution in [2.45, 2.75) is 46.1 Å². The number of carbonyl (C=O) groups excluding carboxylic acids is 1. The number of thiocarbonyl (C=S) groups is 1. The second-order valence-electron chi connectivity index (χ2n) is 7.07. The van der Waals surface area contributed by atoms with Crippen LogP contribution in [0.1, 0.15) is 48.9 Å². The smallest absolute Gasteiger partial charge is 0.227 e. The molecule has 1 amide bonds. The Balaban J connectivity index is 1.72. The summed E-state index contributed by atoms with van der Waals surface area (Å²) in [6.45, 7) is 7.09. The molecule has 0 bridgehead atoms. The molecule has 0 spiro atoms. The predicted octanol–water partition coefficient (Wildman–Crippen LogP) is 4.87. The Morgan fingerprint density at radius 3 is 2.63 bits per heavy atom. The molecule has 2 N–H and O–H groups in total. The third kappa shape index (κ3) is 4.48. The molecule has 2 aromatic carbocycles. The summed E-state index contributed by atoms with van der Waals surface area (Å²) < 4.78 is 0. The number of benzene rings is 2. The molecule has 4 nitrogen and oxygen atoms in total. The van der Waals surface area contributed by atoms with Crippen molar-refractivity contribution in [3.8, 4) is 0 Å². The Kier molecular flexibility index (Phi) is 6.11. The summed E-state index contributed by atoms with van der Waals surface area (Å²) in [6.07, 6.45) is 2.49. The van der Waals surface area contributed by atoms with E-state index in [1.807, 2.05) is 30.0 Å². The van der Waals surface area contributed by atoms with Gasteiger partial charge in [-0.15, -0.1) is 0 Å². The Labute approximate surface area is 167 Å². The number of hydrogen-bond acceptors (Lipinski definition) is 2. The van der Waals surface area contributed by atoms with Crippen LogP contribution in [-0.2, 0) is 4.79 Å². The van der Waals surface area contributed by atoms with E-state index >= 15 is 0 Å². The van der Waals surface area contributed by atoms with Gasteiger partial charge in [0.05, 0.1) is 6.04 Å². The monoisotopic (exact) mass is 381 g/mol. The van der Waals surface area contributed by atoms with Crippen LogP contribution in [0.2, 0.25) is 0 Å². The van der Waals surface area contributed by atoms with Crippen LogP contribution >= 0.6 is 12.2 Å². The first-order chi connectivity index (χ1) is 13.0. The molecule has 1 fully saturated rings. The molecule has 1 saturated heterocycles. The van der Waals surface area contributed by atoms with Gasteiger partial charge in [-0.3, -0.25) is 4.79 Å². The lowest BCUT2D eigenvalue weighted by atomic mass is 10.00. The van der Waals surface area contributed by atoms with Gasteiger partial charge in [0, 0.05) is 24.3 Å². The van der Waals surface area contributed by atoms with Gasteiger partial charge in [0.15, 0.2) is 5.11 Å². The van der Waals surface area contributed by atoms with E-state index in [0.717, 1.165) is 36.3 Å². The van der Waals surface area contributed by atoms with Crippen molar-refractivity contribution in [1.82, 2.24) is 5.32 Å². The van der Waals surface area contributed by atoms with Crippen molar-refractivity contribution in [1.29, 1.82) is 0 Å². The molecule has 2 aromatic rings. The Hall–Kier alpha value is -2.40. The van der Waals surface area contributed by atoms with Crippen LogP contribution in [0.3, 0.4) is 0 Å². The summed E-state index contributed by atoms with van der Waals surface area (Å²) in [5.74, 6) is 0.196. The van der Waals surface area contributed by atoms with Crippen LogP contribution in [0.4, 0.5) is 11.4 Å². The quantitative estimate of drug-likeness (QED) is 0.726. The largest absolute Gasteiger partial charge is 0.356 e. The van der Waals surface area contributed by atoms with Gasteiger partial charge in [-0.25, -0.2) is 0 Å². The van der Waals surface area contributed by atoms with Crippen LogP contribution in [0, 0.1) is 13.8 Å². The molecule has 142 valence electrons. The predicted molar refractivity (Wildman–Crippen MR) is 116 cm³/mol. The summed E-state index contributed by atoms with van der Waals surface area (Å²) >= 11 is 5.55. The summed E-state index contributed by atoms with van der Waals surface area (Å²) in [6, 6.07) is 14.6. The second-order valence-corrected chi connectivity index (χ2v) is 7.47. The molecule has 0 aliphatic carbocycles. The first-order valence-corrected chi connectivity index (χ1v) is 9.94. The van der Waals surface area contributed by atoms with Crippen molar-refractivity contribution < 1.29 is 4.79 Å². The topological polar surface area (TPSA) is 44.4 Å². The number of nitrogens with zero attached hydrogens (tertiary/aromatic N) is 1. The molecule has 5 heteroatoms. The SMILES string of the molecule is CC[C@@H](NC(=S)Nc1ccc(C)c(N2CCCC2=O)c1)c1ccccc1C. The van der Waals surface area contributed by atoms with Gasteiger partial charge in [0.1, 0.15) is 0 Å². The van der Waals surface area contributed by atoms with Crippen molar-refractivity contribution in [3.63, 3.8) is 0 Å². The number of carbonyl (C=O) groups is 1. The van der Waals surface area contributed by atoms with Gasteiger partial charge >= 0.3 is 0 Å². The van der Waals surface area contributed by atoms with E-state index in [1.165, 1.54) is 11.1 Å². The number of amides is 1. The van der Waals surface area contributed by atoms with Crippen LogP contribution in [0.25, 0.3) is 0 Å². The van der Waals surface area contributed by atoms with Gasteiger partial charge < -0.3 is 15.5 Å². The lowest BCUT2D eigenvalue weighted by Crippen LogP contribution is -2.32. The number of anilines is 2. The normalized spacial score (nSPS) is 14.9. The van der Waals surface area contributed by atoms with Crippen molar-refractivity contribution in [2.24, 2.45) is 0 Å². The van der Waals surface area contributed by atoms with Gasteiger partial charge in [0.2, 0.25) is 5.91 Å². The van der Waals surface area contributed by atoms with E-state index in [1.54, 1.807) is 0 Å².